The lowest BCUT2D eigenvalue weighted by Crippen LogP contribution is -2.38. The van der Waals surface area contributed by atoms with Gasteiger partial charge in [-0.1, -0.05) is 0 Å². The Hall–Kier alpha value is -2.02. The van der Waals surface area contributed by atoms with Gasteiger partial charge in [-0.05, 0) is 25.5 Å². The highest BCUT2D eigenvalue weighted by atomic mass is 19.1. The Balaban J connectivity index is 2.63. The lowest BCUT2D eigenvalue weighted by molar-refractivity contribution is -0.142. The Kier molecular flexibility index (Phi) is 5.57. The largest absolute Gasteiger partial charge is 0.393 e. The van der Waals surface area contributed by atoms with Crippen molar-refractivity contribution >= 4 is 17.5 Å². The van der Waals surface area contributed by atoms with E-state index < -0.39 is 29.6 Å². The Morgan fingerprint density at radius 2 is 2.05 bits per heavy atom. The number of likely N-dealkylation sites (N-methyl/N-ethyl adjacent to an activating group) is 1. The second-order valence-corrected chi connectivity index (χ2v) is 4.44. The van der Waals surface area contributed by atoms with Crippen molar-refractivity contribution in [3.63, 3.8) is 0 Å². The molecule has 2 amide bonds. The van der Waals surface area contributed by atoms with Crippen LogP contribution in [0, 0.1) is 11.6 Å². The van der Waals surface area contributed by atoms with Crippen molar-refractivity contribution in [1.82, 2.24) is 4.90 Å². The van der Waals surface area contributed by atoms with Crippen LogP contribution in [0.1, 0.15) is 13.3 Å². The van der Waals surface area contributed by atoms with E-state index >= 15 is 0 Å². The fourth-order valence-electron chi connectivity index (χ4n) is 1.42. The van der Waals surface area contributed by atoms with Crippen LogP contribution in [0.25, 0.3) is 0 Å². The predicted octanol–water partition coefficient (Wildman–Crippen LogP) is 1.13. The minimum Gasteiger partial charge on any atom is -0.393 e. The third-order valence-electron chi connectivity index (χ3n) is 2.60. The molecule has 0 saturated carbocycles. The highest BCUT2D eigenvalue weighted by Gasteiger charge is 2.20. The summed E-state index contributed by atoms with van der Waals surface area (Å²) in [7, 11) is 1.39. The van der Waals surface area contributed by atoms with Crippen molar-refractivity contribution in [2.75, 3.05) is 18.9 Å². The average molecular weight is 286 g/mol. The summed E-state index contributed by atoms with van der Waals surface area (Å²) in [5.41, 5.74) is -0.270. The topological polar surface area (TPSA) is 69.6 Å². The highest BCUT2D eigenvalue weighted by Crippen LogP contribution is 2.14. The fraction of sp³-hybridized carbons (Fsp3) is 0.385. The second kappa shape index (κ2) is 6.95. The zero-order valence-electron chi connectivity index (χ0n) is 11.2. The van der Waals surface area contributed by atoms with Crippen molar-refractivity contribution in [1.29, 1.82) is 0 Å². The summed E-state index contributed by atoms with van der Waals surface area (Å²) in [5.74, 6) is -3.63. The van der Waals surface area contributed by atoms with Crippen molar-refractivity contribution in [3.8, 4) is 0 Å². The molecule has 0 saturated heterocycles. The quantitative estimate of drug-likeness (QED) is 0.815. The number of hydrogen-bond donors (Lipinski definition) is 2. The minimum absolute atomic E-state index is 0.190. The summed E-state index contributed by atoms with van der Waals surface area (Å²) in [5, 5.41) is 11.2. The third kappa shape index (κ3) is 4.58. The maximum atomic E-state index is 13.3. The zero-order valence-corrected chi connectivity index (χ0v) is 11.2. The normalized spacial score (nSPS) is 11.8. The first-order valence-corrected chi connectivity index (χ1v) is 6.01. The zero-order chi connectivity index (χ0) is 15.3. The number of rotatable bonds is 4. The van der Waals surface area contributed by atoms with Gasteiger partial charge in [-0.2, -0.15) is 0 Å². The number of benzene rings is 1. The molecule has 0 radical (unpaired) electrons. The standard InChI is InChI=1S/C13H16F2N2O3/c1-8(18)5-6-17(2)13(20)12(19)16-11-4-3-9(14)7-10(11)15/h3-4,7-8,18H,5-6H2,1-2H3,(H,16,19). The lowest BCUT2D eigenvalue weighted by atomic mass is 10.2. The number of aliphatic hydroxyl groups is 1. The van der Waals surface area contributed by atoms with Gasteiger partial charge in [0.15, 0.2) is 0 Å². The third-order valence-corrected chi connectivity index (χ3v) is 2.60. The minimum atomic E-state index is -1.02. The number of anilines is 1. The van der Waals surface area contributed by atoms with Crippen molar-refractivity contribution < 1.29 is 23.5 Å². The van der Waals surface area contributed by atoms with Gasteiger partial charge in [0.1, 0.15) is 11.6 Å². The second-order valence-electron chi connectivity index (χ2n) is 4.44. The van der Waals surface area contributed by atoms with Crippen LogP contribution in [0.15, 0.2) is 18.2 Å². The molecular formula is C13H16F2N2O3. The molecule has 0 aromatic heterocycles. The summed E-state index contributed by atoms with van der Waals surface area (Å²) in [4.78, 5) is 24.4. The molecule has 20 heavy (non-hydrogen) atoms. The Morgan fingerprint density at radius 1 is 1.40 bits per heavy atom. The van der Waals surface area contributed by atoms with Gasteiger partial charge < -0.3 is 15.3 Å². The van der Waals surface area contributed by atoms with Gasteiger partial charge in [-0.3, -0.25) is 9.59 Å². The van der Waals surface area contributed by atoms with E-state index in [2.05, 4.69) is 5.32 Å². The van der Waals surface area contributed by atoms with Crippen LogP contribution in [0.4, 0.5) is 14.5 Å². The SMILES string of the molecule is CC(O)CCN(C)C(=O)C(=O)Nc1ccc(F)cc1F. The van der Waals surface area contributed by atoms with Gasteiger partial charge in [0.25, 0.3) is 0 Å². The first-order valence-electron chi connectivity index (χ1n) is 6.01. The van der Waals surface area contributed by atoms with Crippen LogP contribution in [-0.2, 0) is 9.59 Å². The molecule has 0 aliphatic rings. The number of carbonyl (C=O) groups excluding carboxylic acids is 2. The van der Waals surface area contributed by atoms with Crippen LogP contribution in [-0.4, -0.2) is 41.5 Å². The summed E-state index contributed by atoms with van der Waals surface area (Å²) < 4.78 is 26.0. The highest BCUT2D eigenvalue weighted by molar-refractivity contribution is 6.39. The number of nitrogens with one attached hydrogen (secondary N) is 1. The van der Waals surface area contributed by atoms with Gasteiger partial charge in [-0.25, -0.2) is 8.78 Å². The lowest BCUT2D eigenvalue weighted by Gasteiger charge is -2.17. The summed E-state index contributed by atoms with van der Waals surface area (Å²) >= 11 is 0. The van der Waals surface area contributed by atoms with Gasteiger partial charge in [-0.15, -0.1) is 0 Å². The molecule has 0 aliphatic heterocycles. The van der Waals surface area contributed by atoms with Crippen molar-refractivity contribution in [2.45, 2.75) is 19.4 Å². The summed E-state index contributed by atoms with van der Waals surface area (Å²) in [6, 6.07) is 2.61. The predicted molar refractivity (Wildman–Crippen MR) is 68.9 cm³/mol. The molecule has 1 aromatic carbocycles. The Labute approximate surface area is 115 Å². The average Bonchev–Trinajstić information content (AvgIpc) is 2.38. The molecule has 2 N–H and O–H groups in total. The first-order chi connectivity index (χ1) is 9.31. The molecule has 0 fully saturated rings. The van der Waals surface area contributed by atoms with Gasteiger partial charge in [0.05, 0.1) is 11.8 Å². The number of halogens is 2. The van der Waals surface area contributed by atoms with Crippen LogP contribution < -0.4 is 5.32 Å². The number of hydrogen-bond acceptors (Lipinski definition) is 3. The first kappa shape index (κ1) is 16.0. The Morgan fingerprint density at radius 3 is 2.60 bits per heavy atom. The molecule has 5 nitrogen and oxygen atoms in total. The number of amides is 2. The van der Waals surface area contributed by atoms with Gasteiger partial charge >= 0.3 is 11.8 Å². The van der Waals surface area contributed by atoms with E-state index in [0.29, 0.717) is 12.5 Å². The van der Waals surface area contributed by atoms with E-state index in [-0.39, 0.29) is 12.2 Å². The maximum absolute atomic E-state index is 13.3. The monoisotopic (exact) mass is 286 g/mol. The summed E-state index contributed by atoms with van der Waals surface area (Å²) in [6.45, 7) is 1.75. The van der Waals surface area contributed by atoms with Crippen LogP contribution in [0.2, 0.25) is 0 Å². The number of carbonyl (C=O) groups is 2. The van der Waals surface area contributed by atoms with Crippen molar-refractivity contribution in [3.05, 3.63) is 29.8 Å². The molecule has 1 aromatic rings. The van der Waals surface area contributed by atoms with E-state index in [0.717, 1.165) is 17.0 Å². The maximum Gasteiger partial charge on any atom is 0.313 e. The van der Waals surface area contributed by atoms with Crippen LogP contribution >= 0.6 is 0 Å². The summed E-state index contributed by atoms with van der Waals surface area (Å²) in [6.07, 6.45) is -0.275. The smallest absolute Gasteiger partial charge is 0.313 e. The van der Waals surface area contributed by atoms with Crippen LogP contribution in [0.3, 0.4) is 0 Å². The van der Waals surface area contributed by atoms with E-state index in [4.69, 9.17) is 5.11 Å². The molecular weight excluding hydrogens is 270 g/mol. The van der Waals surface area contributed by atoms with Crippen LogP contribution in [0.5, 0.6) is 0 Å². The fourth-order valence-corrected chi connectivity index (χ4v) is 1.42. The molecule has 1 atom stereocenters. The molecule has 0 heterocycles. The van der Waals surface area contributed by atoms with Gasteiger partial charge in [0, 0.05) is 19.7 Å². The molecule has 110 valence electrons. The van der Waals surface area contributed by atoms with E-state index in [1.54, 1.807) is 6.92 Å². The van der Waals surface area contributed by atoms with Crippen molar-refractivity contribution in [2.24, 2.45) is 0 Å². The molecule has 1 rings (SSSR count). The molecule has 0 aliphatic carbocycles. The van der Waals surface area contributed by atoms with E-state index in [1.807, 2.05) is 0 Å². The van der Waals surface area contributed by atoms with E-state index in [9.17, 15) is 18.4 Å². The molecule has 0 spiro atoms. The molecule has 1 unspecified atom stereocenters. The number of aliphatic hydroxyl groups excluding tert-OH is 1. The molecule has 7 heteroatoms. The molecule has 0 bridgehead atoms. The van der Waals surface area contributed by atoms with E-state index in [1.165, 1.54) is 7.05 Å². The number of nitrogens with zero attached hydrogens (tertiary/aromatic N) is 1. The van der Waals surface area contributed by atoms with Gasteiger partial charge in [0.2, 0.25) is 0 Å². The Bertz CT molecular complexity index is 506.